The van der Waals surface area contributed by atoms with Gasteiger partial charge in [-0.15, -0.1) is 0 Å². The second-order valence-corrected chi connectivity index (χ2v) is 6.02. The van der Waals surface area contributed by atoms with Crippen molar-refractivity contribution < 1.29 is 24.2 Å². The highest BCUT2D eigenvalue weighted by molar-refractivity contribution is 9.10. The maximum absolute atomic E-state index is 11.9. The summed E-state index contributed by atoms with van der Waals surface area (Å²) in [5, 5.41) is 16.0. The summed E-state index contributed by atoms with van der Waals surface area (Å²) in [5.41, 5.74) is 3.14. The molecule has 0 aliphatic rings. The first-order chi connectivity index (χ1) is 12.9. The fourth-order valence-corrected chi connectivity index (χ4v) is 2.47. The van der Waals surface area contributed by atoms with Crippen molar-refractivity contribution in [1.29, 1.82) is 0 Å². The van der Waals surface area contributed by atoms with E-state index in [2.05, 4.69) is 31.8 Å². The molecular formula is C18H18BrN3O5. The van der Waals surface area contributed by atoms with E-state index >= 15 is 0 Å². The van der Waals surface area contributed by atoms with Gasteiger partial charge in [0.05, 0.1) is 24.4 Å². The van der Waals surface area contributed by atoms with Crippen LogP contribution in [0.5, 0.6) is 17.2 Å². The molecule has 0 fully saturated rings. The molecule has 3 N–H and O–H groups in total. The number of hydrogen-bond acceptors (Lipinski definition) is 6. The molecule has 0 bridgehead atoms. The molecule has 2 rings (SSSR count). The van der Waals surface area contributed by atoms with Gasteiger partial charge in [0.1, 0.15) is 5.75 Å². The second-order valence-electron chi connectivity index (χ2n) is 5.16. The van der Waals surface area contributed by atoms with Gasteiger partial charge in [0.25, 0.3) is 0 Å². The molecule has 0 spiro atoms. The van der Waals surface area contributed by atoms with Crippen molar-refractivity contribution in [2.45, 2.75) is 6.92 Å². The number of benzene rings is 2. The Morgan fingerprint density at radius 2 is 1.93 bits per heavy atom. The Labute approximate surface area is 164 Å². The fraction of sp³-hybridized carbons (Fsp3) is 0.167. The normalized spacial score (nSPS) is 10.5. The standard InChI is InChI=1S/C18H18BrN3O5/c1-3-27-15-9-11(8-14(19)16(15)23)10-20-22-18(25)17(24)21-12-4-6-13(26-2)7-5-12/h4-10,23H,3H2,1-2H3,(H,21,24)(H,22,25). The number of phenolic OH excluding ortho intramolecular Hbond substituents is 1. The lowest BCUT2D eigenvalue weighted by atomic mass is 10.2. The smallest absolute Gasteiger partial charge is 0.329 e. The maximum Gasteiger partial charge on any atom is 0.329 e. The zero-order valence-electron chi connectivity index (χ0n) is 14.7. The molecule has 0 saturated heterocycles. The van der Waals surface area contributed by atoms with Gasteiger partial charge in [-0.1, -0.05) is 0 Å². The van der Waals surface area contributed by atoms with Crippen LogP contribution in [0.25, 0.3) is 0 Å². The number of anilines is 1. The van der Waals surface area contributed by atoms with Gasteiger partial charge in [-0.2, -0.15) is 5.10 Å². The van der Waals surface area contributed by atoms with Gasteiger partial charge < -0.3 is 19.9 Å². The van der Waals surface area contributed by atoms with E-state index in [1.165, 1.54) is 13.3 Å². The average molecular weight is 436 g/mol. The molecule has 9 heteroatoms. The van der Waals surface area contributed by atoms with Crippen LogP contribution in [0, 0.1) is 0 Å². The molecule has 8 nitrogen and oxygen atoms in total. The van der Waals surface area contributed by atoms with E-state index in [4.69, 9.17) is 9.47 Å². The molecule has 0 atom stereocenters. The van der Waals surface area contributed by atoms with Crippen molar-refractivity contribution >= 4 is 39.6 Å². The number of amides is 2. The van der Waals surface area contributed by atoms with Crippen molar-refractivity contribution in [2.75, 3.05) is 19.0 Å². The number of halogens is 1. The van der Waals surface area contributed by atoms with Gasteiger partial charge in [-0.25, -0.2) is 5.43 Å². The van der Waals surface area contributed by atoms with E-state index in [-0.39, 0.29) is 11.5 Å². The Hall–Kier alpha value is -3.07. The highest BCUT2D eigenvalue weighted by Crippen LogP contribution is 2.35. The summed E-state index contributed by atoms with van der Waals surface area (Å²) < 4.78 is 10.7. The minimum Gasteiger partial charge on any atom is -0.503 e. The Balaban J connectivity index is 1.96. The molecule has 2 amide bonds. The second kappa shape index (κ2) is 9.58. The summed E-state index contributed by atoms with van der Waals surface area (Å²) in [6.07, 6.45) is 1.32. The molecule has 142 valence electrons. The number of nitrogens with one attached hydrogen (secondary N) is 2. The SMILES string of the molecule is CCOc1cc(C=NNC(=O)C(=O)Nc2ccc(OC)cc2)cc(Br)c1O. The van der Waals surface area contributed by atoms with Gasteiger partial charge >= 0.3 is 11.8 Å². The number of carbonyl (C=O) groups is 2. The van der Waals surface area contributed by atoms with E-state index in [0.717, 1.165) is 0 Å². The van der Waals surface area contributed by atoms with Crippen molar-refractivity contribution in [3.8, 4) is 17.2 Å². The molecule has 2 aromatic rings. The number of nitrogens with zero attached hydrogens (tertiary/aromatic N) is 1. The molecular weight excluding hydrogens is 418 g/mol. The Bertz CT molecular complexity index is 853. The average Bonchev–Trinajstić information content (AvgIpc) is 2.66. The van der Waals surface area contributed by atoms with Crippen LogP contribution in [-0.4, -0.2) is 36.9 Å². The lowest BCUT2D eigenvalue weighted by Gasteiger charge is -2.08. The van der Waals surface area contributed by atoms with E-state index in [1.54, 1.807) is 43.3 Å². The van der Waals surface area contributed by atoms with Gasteiger partial charge in [0.15, 0.2) is 11.5 Å². The molecule has 0 unspecified atom stereocenters. The number of ether oxygens (including phenoxy) is 2. The number of phenols is 1. The van der Waals surface area contributed by atoms with E-state index in [9.17, 15) is 14.7 Å². The largest absolute Gasteiger partial charge is 0.503 e. The van der Waals surface area contributed by atoms with Crippen LogP contribution in [-0.2, 0) is 9.59 Å². The van der Waals surface area contributed by atoms with Crippen LogP contribution < -0.4 is 20.2 Å². The van der Waals surface area contributed by atoms with Crippen LogP contribution >= 0.6 is 15.9 Å². The summed E-state index contributed by atoms with van der Waals surface area (Å²) in [5.74, 6) is -0.911. The summed E-state index contributed by atoms with van der Waals surface area (Å²) in [7, 11) is 1.53. The molecule has 0 aliphatic heterocycles. The zero-order valence-corrected chi connectivity index (χ0v) is 16.2. The monoisotopic (exact) mass is 435 g/mol. The molecule has 27 heavy (non-hydrogen) atoms. The van der Waals surface area contributed by atoms with Gasteiger partial charge in [-0.05, 0) is 64.8 Å². The lowest BCUT2D eigenvalue weighted by Crippen LogP contribution is -2.32. The number of carbonyl (C=O) groups excluding carboxylic acids is 2. The number of aromatic hydroxyl groups is 1. The lowest BCUT2D eigenvalue weighted by molar-refractivity contribution is -0.136. The molecule has 0 radical (unpaired) electrons. The Morgan fingerprint density at radius 3 is 2.56 bits per heavy atom. The van der Waals surface area contributed by atoms with Crippen molar-refractivity contribution in [3.63, 3.8) is 0 Å². The highest BCUT2D eigenvalue weighted by atomic mass is 79.9. The van der Waals surface area contributed by atoms with Gasteiger partial charge in [0.2, 0.25) is 0 Å². The van der Waals surface area contributed by atoms with E-state index in [1.807, 2.05) is 0 Å². The summed E-state index contributed by atoms with van der Waals surface area (Å²) >= 11 is 3.21. The van der Waals surface area contributed by atoms with Gasteiger partial charge in [0, 0.05) is 5.69 Å². The third kappa shape index (κ3) is 5.71. The van der Waals surface area contributed by atoms with Crippen molar-refractivity contribution in [2.24, 2.45) is 5.10 Å². The topological polar surface area (TPSA) is 109 Å². The molecule has 0 aliphatic carbocycles. The number of hydrogen-bond donors (Lipinski definition) is 3. The van der Waals surface area contributed by atoms with Crippen molar-refractivity contribution in [3.05, 3.63) is 46.4 Å². The predicted octanol–water partition coefficient (Wildman–Crippen LogP) is 2.65. The summed E-state index contributed by atoms with van der Waals surface area (Å²) in [4.78, 5) is 23.7. The fourth-order valence-electron chi connectivity index (χ4n) is 2.01. The molecule has 0 saturated carbocycles. The zero-order chi connectivity index (χ0) is 19.8. The maximum atomic E-state index is 11.9. The van der Waals surface area contributed by atoms with Crippen LogP contribution in [0.1, 0.15) is 12.5 Å². The minimum atomic E-state index is -0.926. The van der Waals surface area contributed by atoms with E-state index in [0.29, 0.717) is 28.1 Å². The third-order valence-corrected chi connectivity index (χ3v) is 3.89. The summed E-state index contributed by atoms with van der Waals surface area (Å²) in [6, 6.07) is 9.67. The van der Waals surface area contributed by atoms with Crippen LogP contribution in [0.3, 0.4) is 0 Å². The quantitative estimate of drug-likeness (QED) is 0.367. The highest BCUT2D eigenvalue weighted by Gasteiger charge is 2.13. The van der Waals surface area contributed by atoms with E-state index < -0.39 is 11.8 Å². The van der Waals surface area contributed by atoms with Gasteiger partial charge in [-0.3, -0.25) is 9.59 Å². The Kier molecular flexibility index (Phi) is 7.18. The van der Waals surface area contributed by atoms with Crippen molar-refractivity contribution in [1.82, 2.24) is 5.43 Å². The summed E-state index contributed by atoms with van der Waals surface area (Å²) in [6.45, 7) is 2.17. The first kappa shape index (κ1) is 20.2. The number of hydrazone groups is 1. The molecule has 0 aromatic heterocycles. The van der Waals surface area contributed by atoms with Crippen LogP contribution in [0.2, 0.25) is 0 Å². The first-order valence-corrected chi connectivity index (χ1v) is 8.67. The first-order valence-electron chi connectivity index (χ1n) is 7.88. The molecule has 0 heterocycles. The van der Waals surface area contributed by atoms with Crippen LogP contribution in [0.15, 0.2) is 46.0 Å². The van der Waals surface area contributed by atoms with Crippen LogP contribution in [0.4, 0.5) is 5.69 Å². The minimum absolute atomic E-state index is 0.0306. The predicted molar refractivity (Wildman–Crippen MR) is 104 cm³/mol. The number of rotatable bonds is 6. The Morgan fingerprint density at radius 1 is 1.22 bits per heavy atom. The number of methoxy groups -OCH3 is 1. The third-order valence-electron chi connectivity index (χ3n) is 3.28. The molecule has 2 aromatic carbocycles.